The van der Waals surface area contributed by atoms with Crippen LogP contribution in [0.1, 0.15) is 29.3 Å². The molecule has 1 aromatic carbocycles. The third-order valence-electron chi connectivity index (χ3n) is 2.99. The molecule has 1 amide bonds. The van der Waals surface area contributed by atoms with Gasteiger partial charge in [-0.25, -0.2) is 4.79 Å². The highest BCUT2D eigenvalue weighted by molar-refractivity contribution is 5.96. The van der Waals surface area contributed by atoms with Crippen LogP contribution in [0.3, 0.4) is 0 Å². The van der Waals surface area contributed by atoms with Crippen molar-refractivity contribution in [1.82, 2.24) is 5.32 Å². The number of nitriles is 1. The molecule has 0 saturated carbocycles. The highest BCUT2D eigenvalue weighted by Gasteiger charge is 2.32. The van der Waals surface area contributed by atoms with Gasteiger partial charge in [0.2, 0.25) is 0 Å². The van der Waals surface area contributed by atoms with E-state index < -0.39 is 35.6 Å². The molecule has 118 valence electrons. The Hall–Kier alpha value is -2.56. The maximum atomic E-state index is 12.6. The molecule has 2 atom stereocenters. The highest BCUT2D eigenvalue weighted by Crippen LogP contribution is 2.29. The van der Waals surface area contributed by atoms with Crippen LogP contribution < -0.4 is 5.32 Å². The predicted molar refractivity (Wildman–Crippen MR) is 69.7 cm³/mol. The molecule has 0 fully saturated rings. The van der Waals surface area contributed by atoms with Gasteiger partial charge < -0.3 is 10.4 Å². The molecule has 8 heteroatoms. The molecule has 0 saturated heterocycles. The Morgan fingerprint density at radius 3 is 2.55 bits per heavy atom. The van der Waals surface area contributed by atoms with Gasteiger partial charge in [0.25, 0.3) is 5.91 Å². The second-order valence-electron chi connectivity index (χ2n) is 4.71. The number of nitrogens with zero attached hydrogens (tertiary/aromatic N) is 1. The monoisotopic (exact) mass is 314 g/mol. The number of nitrogens with one attached hydrogen (secondary N) is 1. The van der Waals surface area contributed by atoms with Crippen LogP contribution in [0, 0.1) is 17.2 Å². The minimum Gasteiger partial charge on any atom is -0.480 e. The number of rotatable bonds is 5. The molecule has 0 radical (unpaired) electrons. The fourth-order valence-electron chi connectivity index (χ4n) is 1.77. The normalized spacial score (nSPS) is 13.8. The number of amides is 1. The van der Waals surface area contributed by atoms with Gasteiger partial charge >= 0.3 is 12.1 Å². The van der Waals surface area contributed by atoms with Crippen LogP contribution in [0.2, 0.25) is 0 Å². The molecule has 0 heterocycles. The smallest absolute Gasteiger partial charge is 0.416 e. The summed E-state index contributed by atoms with van der Waals surface area (Å²) in [5, 5.41) is 19.7. The SMILES string of the molecule is C[C@H](CC#N)[C@H](NC(=O)c1cccc(C(F)(F)F)c1)C(=O)O. The van der Waals surface area contributed by atoms with Crippen molar-refractivity contribution in [3.05, 3.63) is 35.4 Å². The molecule has 0 aliphatic rings. The summed E-state index contributed by atoms with van der Waals surface area (Å²) in [4.78, 5) is 23.0. The molecule has 1 aromatic rings. The number of benzene rings is 1. The van der Waals surface area contributed by atoms with Crippen LogP contribution in [0.5, 0.6) is 0 Å². The average molecular weight is 314 g/mol. The summed E-state index contributed by atoms with van der Waals surface area (Å²) < 4.78 is 37.8. The van der Waals surface area contributed by atoms with E-state index >= 15 is 0 Å². The molecule has 5 nitrogen and oxygen atoms in total. The Bertz CT molecular complexity index is 608. The van der Waals surface area contributed by atoms with Crippen molar-refractivity contribution in [1.29, 1.82) is 5.26 Å². The topological polar surface area (TPSA) is 90.2 Å². The second-order valence-corrected chi connectivity index (χ2v) is 4.71. The molecular weight excluding hydrogens is 301 g/mol. The van der Waals surface area contributed by atoms with E-state index in [-0.39, 0.29) is 12.0 Å². The molecule has 2 N–H and O–H groups in total. The van der Waals surface area contributed by atoms with E-state index in [9.17, 15) is 22.8 Å². The van der Waals surface area contributed by atoms with Crippen molar-refractivity contribution in [2.75, 3.05) is 0 Å². The number of aliphatic carboxylic acids is 1. The summed E-state index contributed by atoms with van der Waals surface area (Å²) in [6, 6.07) is 4.09. The van der Waals surface area contributed by atoms with Gasteiger partial charge in [0.05, 0.1) is 11.6 Å². The van der Waals surface area contributed by atoms with Crippen molar-refractivity contribution >= 4 is 11.9 Å². The maximum absolute atomic E-state index is 12.6. The number of hydrogen-bond donors (Lipinski definition) is 2. The van der Waals surface area contributed by atoms with E-state index in [0.717, 1.165) is 18.2 Å². The molecule has 22 heavy (non-hydrogen) atoms. The van der Waals surface area contributed by atoms with Crippen molar-refractivity contribution < 1.29 is 27.9 Å². The zero-order valence-corrected chi connectivity index (χ0v) is 11.5. The van der Waals surface area contributed by atoms with E-state index in [4.69, 9.17) is 10.4 Å². The lowest BCUT2D eigenvalue weighted by atomic mass is 9.98. The van der Waals surface area contributed by atoms with Gasteiger partial charge in [-0.1, -0.05) is 13.0 Å². The molecule has 0 aromatic heterocycles. The second kappa shape index (κ2) is 6.93. The largest absolute Gasteiger partial charge is 0.480 e. The molecule has 0 spiro atoms. The molecule has 0 aliphatic heterocycles. The summed E-state index contributed by atoms with van der Waals surface area (Å²) in [7, 11) is 0. The summed E-state index contributed by atoms with van der Waals surface area (Å²) in [6.45, 7) is 1.45. The summed E-state index contributed by atoms with van der Waals surface area (Å²) >= 11 is 0. The summed E-state index contributed by atoms with van der Waals surface area (Å²) in [5.74, 6) is -2.98. The van der Waals surface area contributed by atoms with E-state index in [1.807, 2.05) is 0 Å². The van der Waals surface area contributed by atoms with Crippen LogP contribution in [0.25, 0.3) is 0 Å². The zero-order chi connectivity index (χ0) is 16.9. The number of carboxylic acids is 1. The van der Waals surface area contributed by atoms with Gasteiger partial charge in [0.1, 0.15) is 6.04 Å². The Balaban J connectivity index is 2.96. The number of carbonyl (C=O) groups excluding carboxylic acids is 1. The van der Waals surface area contributed by atoms with Crippen molar-refractivity contribution in [3.8, 4) is 6.07 Å². The van der Waals surface area contributed by atoms with Crippen LogP contribution in [-0.4, -0.2) is 23.0 Å². The first-order valence-corrected chi connectivity index (χ1v) is 6.24. The zero-order valence-electron chi connectivity index (χ0n) is 11.5. The Morgan fingerprint density at radius 1 is 1.41 bits per heavy atom. The molecular formula is C14H13F3N2O3. The van der Waals surface area contributed by atoms with Gasteiger partial charge in [-0.15, -0.1) is 0 Å². The summed E-state index contributed by atoms with van der Waals surface area (Å²) in [5.41, 5.74) is -1.30. The lowest BCUT2D eigenvalue weighted by molar-refractivity contribution is -0.140. The minimum atomic E-state index is -4.60. The Labute approximate surface area is 124 Å². The van der Waals surface area contributed by atoms with Crippen LogP contribution in [-0.2, 0) is 11.0 Å². The first-order valence-electron chi connectivity index (χ1n) is 6.24. The number of halogens is 3. The highest BCUT2D eigenvalue weighted by atomic mass is 19.4. The van der Waals surface area contributed by atoms with Crippen molar-refractivity contribution in [2.24, 2.45) is 5.92 Å². The Kier molecular flexibility index (Phi) is 5.51. The third kappa shape index (κ3) is 4.48. The van der Waals surface area contributed by atoms with E-state index in [1.165, 1.54) is 6.92 Å². The van der Waals surface area contributed by atoms with E-state index in [0.29, 0.717) is 6.07 Å². The standard InChI is InChI=1S/C14H13F3N2O3/c1-8(5-6-18)11(13(21)22)19-12(20)9-3-2-4-10(7-9)14(15,16)17/h2-4,7-8,11H,5H2,1H3,(H,19,20)(H,21,22)/t8-,11+/m1/s1. The third-order valence-corrected chi connectivity index (χ3v) is 2.99. The number of carboxylic acid groups (broad SMARTS) is 1. The van der Waals surface area contributed by atoms with Gasteiger partial charge in [-0.05, 0) is 18.2 Å². The fraction of sp³-hybridized carbons (Fsp3) is 0.357. The first kappa shape index (κ1) is 17.5. The molecule has 0 unspecified atom stereocenters. The van der Waals surface area contributed by atoms with Crippen molar-refractivity contribution in [3.63, 3.8) is 0 Å². The Morgan fingerprint density at radius 2 is 2.05 bits per heavy atom. The van der Waals surface area contributed by atoms with Crippen LogP contribution in [0.15, 0.2) is 24.3 Å². The van der Waals surface area contributed by atoms with Gasteiger partial charge in [0.15, 0.2) is 0 Å². The lowest BCUT2D eigenvalue weighted by Gasteiger charge is -2.19. The predicted octanol–water partition coefficient (Wildman–Crippen LogP) is 2.44. The number of alkyl halides is 3. The number of hydrogen-bond acceptors (Lipinski definition) is 3. The van der Waals surface area contributed by atoms with Crippen molar-refractivity contribution in [2.45, 2.75) is 25.6 Å². The van der Waals surface area contributed by atoms with Crippen LogP contribution >= 0.6 is 0 Å². The van der Waals surface area contributed by atoms with E-state index in [1.54, 1.807) is 6.07 Å². The first-order chi connectivity index (χ1) is 10.2. The minimum absolute atomic E-state index is 0.111. The van der Waals surface area contributed by atoms with Gasteiger partial charge in [-0.3, -0.25) is 4.79 Å². The average Bonchev–Trinajstić information content (AvgIpc) is 2.43. The quantitative estimate of drug-likeness (QED) is 0.873. The maximum Gasteiger partial charge on any atom is 0.416 e. The van der Waals surface area contributed by atoms with Gasteiger partial charge in [0, 0.05) is 17.9 Å². The lowest BCUT2D eigenvalue weighted by Crippen LogP contribution is -2.45. The fourth-order valence-corrected chi connectivity index (χ4v) is 1.77. The van der Waals surface area contributed by atoms with Gasteiger partial charge in [-0.2, -0.15) is 18.4 Å². The van der Waals surface area contributed by atoms with E-state index in [2.05, 4.69) is 5.32 Å². The van der Waals surface area contributed by atoms with Crippen LogP contribution in [0.4, 0.5) is 13.2 Å². The molecule has 0 bridgehead atoms. The molecule has 0 aliphatic carbocycles. The molecule has 1 rings (SSSR count). The number of carbonyl (C=O) groups is 2. The summed E-state index contributed by atoms with van der Waals surface area (Å²) in [6.07, 6.45) is -4.71.